The highest BCUT2D eigenvalue weighted by Crippen LogP contribution is 2.28. The van der Waals surface area contributed by atoms with Gasteiger partial charge in [0.2, 0.25) is 0 Å². The number of nitrogens with zero attached hydrogens (tertiary/aromatic N) is 1. The zero-order chi connectivity index (χ0) is 11.5. The number of hydrogen-bond donors (Lipinski definition) is 0. The van der Waals surface area contributed by atoms with Crippen LogP contribution in [0.25, 0.3) is 0 Å². The highest BCUT2D eigenvalue weighted by atomic mass is 16.5. The van der Waals surface area contributed by atoms with Crippen molar-refractivity contribution in [3.05, 3.63) is 24.2 Å². The third kappa shape index (κ3) is 2.24. The minimum atomic E-state index is -0.810. The largest absolute Gasteiger partial charge is 0.472 e. The minimum Gasteiger partial charge on any atom is -0.472 e. The van der Waals surface area contributed by atoms with Crippen LogP contribution < -0.4 is 0 Å². The van der Waals surface area contributed by atoms with Gasteiger partial charge >= 0.3 is 11.9 Å². The van der Waals surface area contributed by atoms with Crippen molar-refractivity contribution in [3.63, 3.8) is 0 Å². The molecule has 5 nitrogen and oxygen atoms in total. The van der Waals surface area contributed by atoms with Crippen LogP contribution in [0, 0.1) is 0 Å². The summed E-state index contributed by atoms with van der Waals surface area (Å²) in [6.45, 7) is 0.398. The quantitative estimate of drug-likeness (QED) is 0.565. The van der Waals surface area contributed by atoms with E-state index >= 15 is 0 Å². The van der Waals surface area contributed by atoms with Gasteiger partial charge in [-0.2, -0.15) is 0 Å². The number of ether oxygens (including phenoxy) is 1. The molecule has 86 valence electrons. The van der Waals surface area contributed by atoms with E-state index in [1.165, 1.54) is 12.0 Å². The van der Waals surface area contributed by atoms with Gasteiger partial charge in [0.1, 0.15) is 0 Å². The maximum absolute atomic E-state index is 11.7. The van der Waals surface area contributed by atoms with Crippen molar-refractivity contribution in [3.8, 4) is 0 Å². The summed E-state index contributed by atoms with van der Waals surface area (Å²) < 4.78 is 9.36. The first-order valence-corrected chi connectivity index (χ1v) is 5.12. The van der Waals surface area contributed by atoms with Crippen LogP contribution in [0.5, 0.6) is 0 Å². The molecule has 16 heavy (non-hydrogen) atoms. The lowest BCUT2D eigenvalue weighted by atomic mass is 10.3. The Balaban J connectivity index is 2.05. The summed E-state index contributed by atoms with van der Waals surface area (Å²) in [5.74, 6) is -1.39. The number of rotatable bonds is 3. The first-order chi connectivity index (χ1) is 7.72. The van der Waals surface area contributed by atoms with Gasteiger partial charge < -0.3 is 14.1 Å². The molecule has 5 heteroatoms. The van der Waals surface area contributed by atoms with E-state index in [-0.39, 0.29) is 6.04 Å². The van der Waals surface area contributed by atoms with Crippen LogP contribution in [0.2, 0.25) is 0 Å². The molecule has 0 saturated heterocycles. The topological polar surface area (TPSA) is 59.8 Å². The molecule has 1 saturated carbocycles. The van der Waals surface area contributed by atoms with Crippen molar-refractivity contribution in [1.29, 1.82) is 0 Å². The van der Waals surface area contributed by atoms with Gasteiger partial charge in [-0.15, -0.1) is 0 Å². The van der Waals surface area contributed by atoms with E-state index in [1.54, 1.807) is 18.6 Å². The van der Waals surface area contributed by atoms with Gasteiger partial charge in [-0.3, -0.25) is 4.79 Å². The van der Waals surface area contributed by atoms with Crippen LogP contribution >= 0.6 is 0 Å². The SMILES string of the molecule is COC(=O)C(=O)N(Cc1ccoc1)C1CC1. The number of furan rings is 1. The highest BCUT2D eigenvalue weighted by molar-refractivity contribution is 6.32. The molecule has 0 radical (unpaired) electrons. The van der Waals surface area contributed by atoms with Crippen molar-refractivity contribution in [2.45, 2.75) is 25.4 Å². The summed E-state index contributed by atoms with van der Waals surface area (Å²) in [6.07, 6.45) is 5.00. The fraction of sp³-hybridized carbons (Fsp3) is 0.455. The van der Waals surface area contributed by atoms with Crippen molar-refractivity contribution >= 4 is 11.9 Å². The predicted octanol–water partition coefficient (Wildman–Crippen LogP) is 0.944. The van der Waals surface area contributed by atoms with Gasteiger partial charge in [-0.05, 0) is 18.9 Å². The average Bonchev–Trinajstić information content (AvgIpc) is 3.01. The molecule has 0 N–H and O–H groups in total. The molecule has 0 atom stereocenters. The lowest BCUT2D eigenvalue weighted by Gasteiger charge is -2.19. The molecular formula is C11H13NO4. The number of hydrogen-bond acceptors (Lipinski definition) is 4. The standard InChI is InChI=1S/C11H13NO4/c1-15-11(14)10(13)12(9-2-3-9)6-8-4-5-16-7-8/h4-5,7,9H,2-3,6H2,1H3. The van der Waals surface area contributed by atoms with Gasteiger partial charge in [0.15, 0.2) is 0 Å². The van der Waals surface area contributed by atoms with Crippen LogP contribution in [-0.2, 0) is 20.9 Å². The summed E-state index contributed by atoms with van der Waals surface area (Å²) >= 11 is 0. The van der Waals surface area contributed by atoms with Gasteiger partial charge in [-0.25, -0.2) is 4.79 Å². The fourth-order valence-corrected chi connectivity index (χ4v) is 1.54. The Morgan fingerprint density at radius 3 is 2.81 bits per heavy atom. The molecule has 1 aliphatic carbocycles. The second-order valence-corrected chi connectivity index (χ2v) is 3.79. The van der Waals surface area contributed by atoms with E-state index in [2.05, 4.69) is 4.74 Å². The third-order valence-electron chi connectivity index (χ3n) is 2.54. The molecular weight excluding hydrogens is 210 g/mol. The molecule has 1 aromatic rings. The van der Waals surface area contributed by atoms with E-state index in [1.807, 2.05) is 0 Å². The lowest BCUT2D eigenvalue weighted by molar-refractivity contribution is -0.158. The van der Waals surface area contributed by atoms with Gasteiger partial charge in [0.05, 0.1) is 19.6 Å². The fourth-order valence-electron chi connectivity index (χ4n) is 1.54. The Morgan fingerprint density at radius 1 is 1.56 bits per heavy atom. The first kappa shape index (κ1) is 10.7. The molecule has 0 aromatic carbocycles. The highest BCUT2D eigenvalue weighted by Gasteiger charge is 2.36. The van der Waals surface area contributed by atoms with Crippen LogP contribution in [0.3, 0.4) is 0 Å². The summed E-state index contributed by atoms with van der Waals surface area (Å²) in [7, 11) is 1.21. The molecule has 0 bridgehead atoms. The molecule has 1 fully saturated rings. The van der Waals surface area contributed by atoms with E-state index in [9.17, 15) is 9.59 Å². The smallest absolute Gasteiger partial charge is 0.396 e. The van der Waals surface area contributed by atoms with Crippen molar-refractivity contribution in [2.24, 2.45) is 0 Å². The number of amides is 1. The van der Waals surface area contributed by atoms with Crippen LogP contribution in [0.1, 0.15) is 18.4 Å². The van der Waals surface area contributed by atoms with Crippen LogP contribution in [-0.4, -0.2) is 29.9 Å². The molecule has 0 aliphatic heterocycles. The van der Waals surface area contributed by atoms with Gasteiger partial charge in [-0.1, -0.05) is 0 Å². The molecule has 1 aliphatic rings. The van der Waals surface area contributed by atoms with E-state index in [0.717, 1.165) is 18.4 Å². The van der Waals surface area contributed by atoms with E-state index < -0.39 is 11.9 Å². The number of esters is 1. The number of methoxy groups -OCH3 is 1. The summed E-state index contributed by atoms with van der Waals surface area (Å²) in [5, 5.41) is 0. The molecule has 0 spiro atoms. The molecule has 1 aromatic heterocycles. The second kappa shape index (κ2) is 4.38. The van der Waals surface area contributed by atoms with Crippen molar-refractivity contribution in [1.82, 2.24) is 4.90 Å². The monoisotopic (exact) mass is 223 g/mol. The second-order valence-electron chi connectivity index (χ2n) is 3.79. The Morgan fingerprint density at radius 2 is 2.31 bits per heavy atom. The Bertz CT molecular complexity index is 381. The average molecular weight is 223 g/mol. The normalized spacial score (nSPS) is 14.6. The zero-order valence-corrected chi connectivity index (χ0v) is 9.01. The predicted molar refractivity (Wildman–Crippen MR) is 54.3 cm³/mol. The Kier molecular flexibility index (Phi) is 2.94. The number of carbonyl (C=O) groups excluding carboxylic acids is 2. The number of carbonyl (C=O) groups is 2. The zero-order valence-electron chi connectivity index (χ0n) is 9.01. The maximum Gasteiger partial charge on any atom is 0.396 e. The lowest BCUT2D eigenvalue weighted by Crippen LogP contribution is -2.38. The van der Waals surface area contributed by atoms with Crippen LogP contribution in [0.4, 0.5) is 0 Å². The molecule has 0 unspecified atom stereocenters. The van der Waals surface area contributed by atoms with E-state index in [4.69, 9.17) is 4.42 Å². The minimum absolute atomic E-state index is 0.168. The summed E-state index contributed by atoms with van der Waals surface area (Å²) in [6, 6.07) is 1.95. The van der Waals surface area contributed by atoms with Crippen molar-refractivity contribution in [2.75, 3.05) is 7.11 Å². The van der Waals surface area contributed by atoms with Crippen LogP contribution in [0.15, 0.2) is 23.0 Å². The van der Waals surface area contributed by atoms with Crippen molar-refractivity contribution < 1.29 is 18.7 Å². The van der Waals surface area contributed by atoms with Gasteiger partial charge in [0, 0.05) is 18.2 Å². The van der Waals surface area contributed by atoms with E-state index in [0.29, 0.717) is 6.54 Å². The third-order valence-corrected chi connectivity index (χ3v) is 2.54. The molecule has 2 rings (SSSR count). The summed E-state index contributed by atoms with van der Waals surface area (Å²) in [5.41, 5.74) is 0.879. The molecule has 1 amide bonds. The molecule has 1 heterocycles. The Hall–Kier alpha value is -1.78. The van der Waals surface area contributed by atoms with Gasteiger partial charge in [0.25, 0.3) is 0 Å². The maximum atomic E-state index is 11.7. The summed E-state index contributed by atoms with van der Waals surface area (Å²) in [4.78, 5) is 24.4. The first-order valence-electron chi connectivity index (χ1n) is 5.12. The Labute approximate surface area is 93.0 Å².